The van der Waals surface area contributed by atoms with Crippen LogP contribution in [-0.4, -0.2) is 47.4 Å². The van der Waals surface area contributed by atoms with Crippen molar-refractivity contribution in [3.05, 3.63) is 15.8 Å². The molecular weight excluding hydrogens is 412 g/mol. The molecule has 1 aromatic rings. The zero-order chi connectivity index (χ0) is 23.3. The maximum absolute atomic E-state index is 13.3. The van der Waals surface area contributed by atoms with Gasteiger partial charge in [0.2, 0.25) is 11.8 Å². The average molecular weight is 447 g/mol. The van der Waals surface area contributed by atoms with Crippen LogP contribution < -0.4 is 4.90 Å². The van der Waals surface area contributed by atoms with Gasteiger partial charge in [0.25, 0.3) is 0 Å². The molecule has 1 aliphatic rings. The molecule has 2 rings (SSSR count). The highest BCUT2D eigenvalue weighted by Crippen LogP contribution is 2.35. The first kappa shape index (κ1) is 24.9. The van der Waals surface area contributed by atoms with Gasteiger partial charge in [-0.05, 0) is 45.6 Å². The number of aromatic carboxylic acids is 1. The molecule has 1 saturated heterocycles. The lowest BCUT2D eigenvalue weighted by atomic mass is 9.98. The van der Waals surface area contributed by atoms with Gasteiger partial charge in [0, 0.05) is 25.4 Å². The molecule has 1 aromatic heterocycles. The molecule has 0 radical (unpaired) electrons. The van der Waals surface area contributed by atoms with Crippen molar-refractivity contribution < 1.29 is 19.5 Å². The molecule has 31 heavy (non-hydrogen) atoms. The molecule has 1 N–H and O–H groups in total. The Kier molecular flexibility index (Phi) is 8.30. The molecule has 0 spiro atoms. The second-order valence-corrected chi connectivity index (χ2v) is 10.4. The van der Waals surface area contributed by atoms with E-state index in [2.05, 4.69) is 25.7 Å². The molecule has 2 amide bonds. The van der Waals surface area contributed by atoms with E-state index in [0.29, 0.717) is 30.2 Å². The normalized spacial score (nSPS) is 17.3. The summed E-state index contributed by atoms with van der Waals surface area (Å²) < 4.78 is 0. The number of hydrogen-bond acceptors (Lipinski definition) is 4. The van der Waals surface area contributed by atoms with Crippen molar-refractivity contribution in [1.82, 2.24) is 4.90 Å². The van der Waals surface area contributed by atoms with E-state index in [1.165, 1.54) is 4.90 Å². The predicted octanol–water partition coefficient (Wildman–Crippen LogP) is 4.62. The Morgan fingerprint density at radius 3 is 2.55 bits per heavy atom. The Hall–Kier alpha value is -2.33. The average Bonchev–Trinajstić information content (AvgIpc) is 3.24. The monoisotopic (exact) mass is 446 g/mol. The van der Waals surface area contributed by atoms with E-state index in [9.17, 15) is 19.5 Å². The first-order chi connectivity index (χ1) is 14.4. The van der Waals surface area contributed by atoms with Gasteiger partial charge in [0.15, 0.2) is 0 Å². The van der Waals surface area contributed by atoms with Gasteiger partial charge in [0.1, 0.15) is 10.9 Å². The molecule has 170 valence electrons. The van der Waals surface area contributed by atoms with Crippen molar-refractivity contribution in [2.75, 3.05) is 18.5 Å². The summed E-state index contributed by atoms with van der Waals surface area (Å²) in [7, 11) is 1.71. The highest BCUT2D eigenvalue weighted by Gasteiger charge is 2.39. The standard InChI is InChI=1S/C24H34N2O4S/c1-7-8-16(2)9-10-20(27)26(18-12-14-25(6)22(18)28)19-15-17(11-13-24(3,4)5)31-21(19)23(29)30/h15-16,18H,7-10,12,14H2,1-6H3,(H,29,30). The summed E-state index contributed by atoms with van der Waals surface area (Å²) >= 11 is 1.06. The number of amides is 2. The SMILES string of the molecule is CCCC(C)CCC(=O)N(c1cc(C#CC(C)(C)C)sc1C(=O)O)C1CCN(C)C1=O. The van der Waals surface area contributed by atoms with Gasteiger partial charge in [-0.15, -0.1) is 11.3 Å². The Morgan fingerprint density at radius 1 is 1.35 bits per heavy atom. The summed E-state index contributed by atoms with van der Waals surface area (Å²) in [6, 6.07) is 0.987. The molecule has 1 fully saturated rings. The van der Waals surface area contributed by atoms with E-state index in [4.69, 9.17) is 0 Å². The third kappa shape index (κ3) is 6.57. The number of carbonyl (C=O) groups is 3. The molecule has 2 heterocycles. The minimum absolute atomic E-state index is 0.0514. The van der Waals surface area contributed by atoms with Crippen LogP contribution >= 0.6 is 11.3 Å². The summed E-state index contributed by atoms with van der Waals surface area (Å²) in [5, 5.41) is 9.82. The zero-order valence-electron chi connectivity index (χ0n) is 19.4. The highest BCUT2D eigenvalue weighted by atomic mass is 32.1. The van der Waals surface area contributed by atoms with Crippen LogP contribution in [0.2, 0.25) is 0 Å². The first-order valence-electron chi connectivity index (χ1n) is 10.9. The van der Waals surface area contributed by atoms with Gasteiger partial charge in [-0.25, -0.2) is 4.79 Å². The minimum atomic E-state index is -1.11. The number of likely N-dealkylation sites (N-methyl/N-ethyl adjacent to an activating group) is 1. The molecule has 0 bridgehead atoms. The Bertz CT molecular complexity index is 888. The number of carboxylic acids is 1. The summed E-state index contributed by atoms with van der Waals surface area (Å²) in [5.41, 5.74) is 0.0558. The van der Waals surface area contributed by atoms with Gasteiger partial charge in [-0.1, -0.05) is 38.5 Å². The van der Waals surface area contributed by atoms with Crippen LogP contribution in [0.15, 0.2) is 6.07 Å². The first-order valence-corrected chi connectivity index (χ1v) is 11.7. The predicted molar refractivity (Wildman–Crippen MR) is 124 cm³/mol. The fraction of sp³-hybridized carbons (Fsp3) is 0.625. The van der Waals surface area contributed by atoms with Gasteiger partial charge in [-0.3, -0.25) is 14.5 Å². The largest absolute Gasteiger partial charge is 0.477 e. The van der Waals surface area contributed by atoms with Gasteiger partial charge in [0.05, 0.1) is 10.6 Å². The molecule has 7 heteroatoms. The van der Waals surface area contributed by atoms with E-state index >= 15 is 0 Å². The number of carbonyl (C=O) groups excluding carboxylic acids is 2. The summed E-state index contributed by atoms with van der Waals surface area (Å²) in [5.74, 6) is 5.09. The molecule has 6 nitrogen and oxygen atoms in total. The maximum atomic E-state index is 13.3. The van der Waals surface area contributed by atoms with Gasteiger partial charge >= 0.3 is 5.97 Å². The van der Waals surface area contributed by atoms with Crippen LogP contribution in [0.5, 0.6) is 0 Å². The van der Waals surface area contributed by atoms with Crippen molar-refractivity contribution in [2.24, 2.45) is 11.3 Å². The lowest BCUT2D eigenvalue weighted by Gasteiger charge is -2.28. The third-order valence-corrected chi connectivity index (χ3v) is 6.37. The van der Waals surface area contributed by atoms with Crippen molar-refractivity contribution in [2.45, 2.75) is 72.8 Å². The van der Waals surface area contributed by atoms with E-state index in [1.54, 1.807) is 18.0 Å². The topological polar surface area (TPSA) is 77.9 Å². The summed E-state index contributed by atoms with van der Waals surface area (Å²) in [6.07, 6.45) is 3.57. The molecule has 0 saturated carbocycles. The zero-order valence-corrected chi connectivity index (χ0v) is 20.3. The quantitative estimate of drug-likeness (QED) is 0.591. The minimum Gasteiger partial charge on any atom is -0.477 e. The number of nitrogens with zero attached hydrogens (tertiary/aromatic N) is 2. The second-order valence-electron chi connectivity index (χ2n) is 9.39. The number of hydrogen-bond donors (Lipinski definition) is 1. The Labute approximate surface area is 189 Å². The molecule has 0 aliphatic carbocycles. The van der Waals surface area contributed by atoms with Crippen LogP contribution in [-0.2, 0) is 9.59 Å². The van der Waals surface area contributed by atoms with E-state index in [1.807, 2.05) is 20.8 Å². The molecule has 2 atom stereocenters. The van der Waals surface area contributed by atoms with Crippen molar-refractivity contribution in [1.29, 1.82) is 0 Å². The number of carboxylic acid groups (broad SMARTS) is 1. The van der Waals surface area contributed by atoms with Gasteiger partial charge < -0.3 is 10.0 Å². The van der Waals surface area contributed by atoms with Gasteiger partial charge in [-0.2, -0.15) is 0 Å². The van der Waals surface area contributed by atoms with E-state index < -0.39 is 12.0 Å². The fourth-order valence-corrected chi connectivity index (χ4v) is 4.51. The number of rotatable bonds is 8. The molecule has 0 aromatic carbocycles. The van der Waals surface area contributed by atoms with Crippen LogP contribution in [0.25, 0.3) is 0 Å². The fourth-order valence-electron chi connectivity index (χ4n) is 3.67. The number of thiophene rings is 1. The van der Waals surface area contributed by atoms with E-state index in [-0.39, 0.29) is 34.2 Å². The third-order valence-electron chi connectivity index (χ3n) is 5.34. The van der Waals surface area contributed by atoms with Crippen LogP contribution in [0.1, 0.15) is 81.3 Å². The summed E-state index contributed by atoms with van der Waals surface area (Å²) in [4.78, 5) is 41.8. The highest BCUT2D eigenvalue weighted by molar-refractivity contribution is 7.15. The van der Waals surface area contributed by atoms with Crippen LogP contribution in [0.4, 0.5) is 5.69 Å². The van der Waals surface area contributed by atoms with Crippen molar-refractivity contribution in [3.63, 3.8) is 0 Å². The number of likely N-dealkylation sites (tertiary alicyclic amines) is 1. The maximum Gasteiger partial charge on any atom is 0.348 e. The van der Waals surface area contributed by atoms with Crippen LogP contribution in [0, 0.1) is 23.2 Å². The molecule has 1 aliphatic heterocycles. The molecule has 2 unspecified atom stereocenters. The molecular formula is C24H34N2O4S. The van der Waals surface area contributed by atoms with Crippen molar-refractivity contribution >= 4 is 34.8 Å². The van der Waals surface area contributed by atoms with E-state index in [0.717, 1.165) is 24.2 Å². The number of anilines is 1. The van der Waals surface area contributed by atoms with Crippen LogP contribution in [0.3, 0.4) is 0 Å². The lowest BCUT2D eigenvalue weighted by molar-refractivity contribution is -0.130. The van der Waals surface area contributed by atoms with Crippen molar-refractivity contribution in [3.8, 4) is 11.8 Å². The second kappa shape index (κ2) is 10.3. The lowest BCUT2D eigenvalue weighted by Crippen LogP contribution is -2.45. The Morgan fingerprint density at radius 2 is 2.03 bits per heavy atom. The summed E-state index contributed by atoms with van der Waals surface area (Å²) in [6.45, 7) is 10.7. The Balaban J connectivity index is 2.46. The smallest absolute Gasteiger partial charge is 0.348 e.